The molecule has 2 rings (SSSR count). The molecular formula is C15H18N4O3. The summed E-state index contributed by atoms with van der Waals surface area (Å²) in [7, 11) is 0. The number of hydrogen-bond acceptors (Lipinski definition) is 4. The molecule has 1 heterocycles. The lowest BCUT2D eigenvalue weighted by molar-refractivity contribution is -0.122. The zero-order valence-corrected chi connectivity index (χ0v) is 12.5. The van der Waals surface area contributed by atoms with Crippen LogP contribution in [0.2, 0.25) is 0 Å². The van der Waals surface area contributed by atoms with E-state index >= 15 is 0 Å². The molecule has 7 nitrogen and oxygen atoms in total. The standard InChI is InChI=1S/C15H18N4O3/c1-10(2)8-16-12(20)9-19-14(11-6-4-3-5-7-11)13(15(21)22)17-18-19/h3-7,10H,8-9H2,1-2H3,(H,16,20)(H,21,22). The van der Waals surface area contributed by atoms with Crippen LogP contribution in [-0.4, -0.2) is 38.5 Å². The third-order valence-corrected chi connectivity index (χ3v) is 2.99. The molecule has 0 aliphatic heterocycles. The fourth-order valence-electron chi connectivity index (χ4n) is 1.96. The fourth-order valence-corrected chi connectivity index (χ4v) is 1.96. The van der Waals surface area contributed by atoms with E-state index in [2.05, 4.69) is 15.6 Å². The van der Waals surface area contributed by atoms with E-state index in [0.717, 1.165) is 0 Å². The number of nitrogens with one attached hydrogen (secondary N) is 1. The van der Waals surface area contributed by atoms with Crippen LogP contribution in [0.3, 0.4) is 0 Å². The minimum absolute atomic E-state index is 0.0722. The average Bonchev–Trinajstić information content (AvgIpc) is 2.90. The maximum Gasteiger partial charge on any atom is 0.358 e. The van der Waals surface area contributed by atoms with Gasteiger partial charge in [-0.25, -0.2) is 9.48 Å². The SMILES string of the molecule is CC(C)CNC(=O)Cn1nnc(C(=O)O)c1-c1ccccc1. The lowest BCUT2D eigenvalue weighted by atomic mass is 10.1. The van der Waals surface area contributed by atoms with Crippen molar-refractivity contribution in [2.75, 3.05) is 6.54 Å². The van der Waals surface area contributed by atoms with Crippen LogP contribution in [0.5, 0.6) is 0 Å². The molecule has 0 atom stereocenters. The van der Waals surface area contributed by atoms with Crippen LogP contribution in [-0.2, 0) is 11.3 Å². The second kappa shape index (κ2) is 6.84. The molecular weight excluding hydrogens is 284 g/mol. The Morgan fingerprint density at radius 3 is 2.55 bits per heavy atom. The number of rotatable bonds is 6. The molecule has 22 heavy (non-hydrogen) atoms. The van der Waals surface area contributed by atoms with Crippen molar-refractivity contribution in [1.29, 1.82) is 0 Å². The third-order valence-electron chi connectivity index (χ3n) is 2.99. The van der Waals surface area contributed by atoms with Crippen molar-refractivity contribution in [1.82, 2.24) is 20.3 Å². The monoisotopic (exact) mass is 302 g/mol. The molecule has 1 amide bonds. The number of benzene rings is 1. The minimum atomic E-state index is -1.17. The van der Waals surface area contributed by atoms with E-state index in [4.69, 9.17) is 0 Å². The molecule has 1 aromatic heterocycles. The lowest BCUT2D eigenvalue weighted by Gasteiger charge is -2.09. The number of amides is 1. The fraction of sp³-hybridized carbons (Fsp3) is 0.333. The second-order valence-electron chi connectivity index (χ2n) is 5.31. The summed E-state index contributed by atoms with van der Waals surface area (Å²) >= 11 is 0. The summed E-state index contributed by atoms with van der Waals surface area (Å²) < 4.78 is 1.31. The number of nitrogens with zero attached hydrogens (tertiary/aromatic N) is 3. The Morgan fingerprint density at radius 1 is 1.27 bits per heavy atom. The highest BCUT2D eigenvalue weighted by atomic mass is 16.4. The van der Waals surface area contributed by atoms with E-state index in [9.17, 15) is 14.7 Å². The van der Waals surface area contributed by atoms with Crippen molar-refractivity contribution in [2.45, 2.75) is 20.4 Å². The van der Waals surface area contributed by atoms with E-state index in [1.165, 1.54) is 4.68 Å². The molecule has 0 unspecified atom stereocenters. The van der Waals surface area contributed by atoms with Crippen LogP contribution in [0.1, 0.15) is 24.3 Å². The van der Waals surface area contributed by atoms with Crippen LogP contribution in [0.25, 0.3) is 11.3 Å². The zero-order valence-electron chi connectivity index (χ0n) is 12.5. The first-order valence-electron chi connectivity index (χ1n) is 6.98. The topological polar surface area (TPSA) is 97.1 Å². The Morgan fingerprint density at radius 2 is 1.95 bits per heavy atom. The largest absolute Gasteiger partial charge is 0.476 e. The van der Waals surface area contributed by atoms with E-state index in [-0.39, 0.29) is 18.1 Å². The highest BCUT2D eigenvalue weighted by Gasteiger charge is 2.21. The normalized spacial score (nSPS) is 10.7. The van der Waals surface area contributed by atoms with Gasteiger partial charge in [-0.1, -0.05) is 49.4 Å². The molecule has 0 saturated heterocycles. The van der Waals surface area contributed by atoms with E-state index in [1.54, 1.807) is 24.3 Å². The van der Waals surface area contributed by atoms with Gasteiger partial charge in [0.2, 0.25) is 5.91 Å². The number of carboxylic acids is 1. The van der Waals surface area contributed by atoms with Gasteiger partial charge >= 0.3 is 5.97 Å². The Balaban J connectivity index is 2.29. The number of aromatic carboxylic acids is 1. The Kier molecular flexibility index (Phi) is 4.88. The predicted octanol–water partition coefficient (Wildman–Crippen LogP) is 1.42. The molecule has 7 heteroatoms. The van der Waals surface area contributed by atoms with Gasteiger partial charge in [-0.2, -0.15) is 0 Å². The van der Waals surface area contributed by atoms with Crippen molar-refractivity contribution < 1.29 is 14.7 Å². The molecule has 2 aromatic rings. The molecule has 0 radical (unpaired) electrons. The van der Waals surface area contributed by atoms with E-state index in [1.807, 2.05) is 19.9 Å². The van der Waals surface area contributed by atoms with Gasteiger partial charge in [0.25, 0.3) is 0 Å². The maximum atomic E-state index is 11.9. The Bertz CT molecular complexity index is 665. The quantitative estimate of drug-likeness (QED) is 0.841. The van der Waals surface area contributed by atoms with Crippen LogP contribution in [0, 0.1) is 5.92 Å². The summed E-state index contributed by atoms with van der Waals surface area (Å²) in [6, 6.07) is 8.92. The van der Waals surface area contributed by atoms with Gasteiger partial charge in [0.15, 0.2) is 5.69 Å². The van der Waals surface area contributed by atoms with Gasteiger partial charge in [-0.3, -0.25) is 4.79 Å². The van der Waals surface area contributed by atoms with Gasteiger partial charge in [-0.15, -0.1) is 5.10 Å². The van der Waals surface area contributed by atoms with E-state index in [0.29, 0.717) is 23.7 Å². The van der Waals surface area contributed by atoms with Crippen molar-refractivity contribution in [3.05, 3.63) is 36.0 Å². The highest BCUT2D eigenvalue weighted by molar-refractivity contribution is 5.93. The van der Waals surface area contributed by atoms with Gasteiger partial charge in [0.1, 0.15) is 12.2 Å². The lowest BCUT2D eigenvalue weighted by Crippen LogP contribution is -2.31. The number of carbonyl (C=O) groups is 2. The zero-order chi connectivity index (χ0) is 16.1. The second-order valence-corrected chi connectivity index (χ2v) is 5.31. The van der Waals surface area contributed by atoms with Gasteiger partial charge < -0.3 is 10.4 Å². The molecule has 0 aliphatic rings. The summed E-state index contributed by atoms with van der Waals surface area (Å²) in [6.07, 6.45) is 0. The molecule has 116 valence electrons. The van der Waals surface area contributed by atoms with Crippen molar-refractivity contribution in [3.63, 3.8) is 0 Å². The number of carboxylic acid groups (broad SMARTS) is 1. The highest BCUT2D eigenvalue weighted by Crippen LogP contribution is 2.21. The van der Waals surface area contributed by atoms with Gasteiger partial charge in [-0.05, 0) is 5.92 Å². The third kappa shape index (κ3) is 3.69. The molecule has 0 bridgehead atoms. The average molecular weight is 302 g/mol. The molecule has 0 fully saturated rings. The Hall–Kier alpha value is -2.70. The summed E-state index contributed by atoms with van der Waals surface area (Å²) in [5.74, 6) is -1.07. The van der Waals surface area contributed by atoms with Crippen molar-refractivity contribution >= 4 is 11.9 Å². The molecule has 2 N–H and O–H groups in total. The minimum Gasteiger partial charge on any atom is -0.476 e. The predicted molar refractivity (Wildman–Crippen MR) is 80.3 cm³/mol. The first-order chi connectivity index (χ1) is 10.5. The first-order valence-corrected chi connectivity index (χ1v) is 6.98. The number of hydrogen-bond donors (Lipinski definition) is 2. The van der Waals surface area contributed by atoms with E-state index < -0.39 is 5.97 Å². The number of carbonyl (C=O) groups excluding carboxylic acids is 1. The van der Waals surface area contributed by atoms with Gasteiger partial charge in [0, 0.05) is 12.1 Å². The molecule has 0 aliphatic carbocycles. The summed E-state index contributed by atoms with van der Waals surface area (Å²) in [5.41, 5.74) is 0.817. The summed E-state index contributed by atoms with van der Waals surface area (Å²) in [6.45, 7) is 4.47. The number of aromatic nitrogens is 3. The van der Waals surface area contributed by atoms with Crippen LogP contribution < -0.4 is 5.32 Å². The summed E-state index contributed by atoms with van der Waals surface area (Å²) in [5, 5.41) is 19.5. The molecule has 0 saturated carbocycles. The molecule has 0 spiro atoms. The first kappa shape index (κ1) is 15.7. The smallest absolute Gasteiger partial charge is 0.358 e. The van der Waals surface area contributed by atoms with Crippen LogP contribution in [0.15, 0.2) is 30.3 Å². The van der Waals surface area contributed by atoms with Crippen LogP contribution >= 0.6 is 0 Å². The van der Waals surface area contributed by atoms with Crippen molar-refractivity contribution in [3.8, 4) is 11.3 Å². The molecule has 1 aromatic carbocycles. The van der Waals surface area contributed by atoms with Gasteiger partial charge in [0.05, 0.1) is 0 Å². The van der Waals surface area contributed by atoms with Crippen molar-refractivity contribution in [2.24, 2.45) is 5.92 Å². The van der Waals surface area contributed by atoms with Crippen LogP contribution in [0.4, 0.5) is 0 Å². The maximum absolute atomic E-state index is 11.9. The Labute approximate surface area is 128 Å². The summed E-state index contributed by atoms with van der Waals surface area (Å²) in [4.78, 5) is 23.2.